The number of carboxylic acid groups (broad SMARTS) is 1. The first-order chi connectivity index (χ1) is 9.10. The molecule has 5 nitrogen and oxygen atoms in total. The first kappa shape index (κ1) is 14.8. The lowest BCUT2D eigenvalue weighted by Crippen LogP contribution is -2.51. The average molecular weight is 269 g/mol. The summed E-state index contributed by atoms with van der Waals surface area (Å²) in [6.07, 6.45) is 4.56. The number of likely N-dealkylation sites (N-methyl/N-ethyl adjacent to an activating group) is 1. The van der Waals surface area contributed by atoms with Crippen molar-refractivity contribution in [3.05, 3.63) is 0 Å². The fourth-order valence-electron chi connectivity index (χ4n) is 2.85. The van der Waals surface area contributed by atoms with Crippen LogP contribution in [0.5, 0.6) is 0 Å². The molecule has 5 heteroatoms. The molecule has 1 saturated heterocycles. The summed E-state index contributed by atoms with van der Waals surface area (Å²) >= 11 is 0. The number of hydrogen-bond donors (Lipinski definition) is 2. The van der Waals surface area contributed by atoms with Gasteiger partial charge >= 0.3 is 5.97 Å². The van der Waals surface area contributed by atoms with Crippen LogP contribution < -0.4 is 5.32 Å². The summed E-state index contributed by atoms with van der Waals surface area (Å²) in [6, 6.07) is 0.559. The fourth-order valence-corrected chi connectivity index (χ4v) is 2.85. The van der Waals surface area contributed by atoms with Crippen LogP contribution in [0, 0.1) is 0 Å². The van der Waals surface area contributed by atoms with Gasteiger partial charge in [-0.15, -0.1) is 0 Å². The molecule has 2 N–H and O–H groups in total. The lowest BCUT2D eigenvalue weighted by Gasteiger charge is -2.37. The zero-order valence-corrected chi connectivity index (χ0v) is 12.1. The summed E-state index contributed by atoms with van der Waals surface area (Å²) < 4.78 is 0. The van der Waals surface area contributed by atoms with E-state index in [1.165, 1.54) is 0 Å². The molecule has 110 valence electrons. The van der Waals surface area contributed by atoms with Gasteiger partial charge in [0.2, 0.25) is 0 Å². The lowest BCUT2D eigenvalue weighted by atomic mass is 10.0. The summed E-state index contributed by atoms with van der Waals surface area (Å²) in [5.41, 5.74) is 0. The Morgan fingerprint density at radius 2 is 2.00 bits per heavy atom. The number of piperidine rings is 1. The predicted octanol–water partition coefficient (Wildman–Crippen LogP) is 0.608. The third-order valence-corrected chi connectivity index (χ3v) is 4.41. The fraction of sp³-hybridized carbons (Fsp3) is 0.929. The molecule has 1 aliphatic carbocycles. The predicted molar refractivity (Wildman–Crippen MR) is 75.3 cm³/mol. The molecule has 0 bridgehead atoms. The van der Waals surface area contributed by atoms with Crippen LogP contribution in [0.2, 0.25) is 0 Å². The topological polar surface area (TPSA) is 55.8 Å². The van der Waals surface area contributed by atoms with E-state index in [1.54, 1.807) is 0 Å². The van der Waals surface area contributed by atoms with Crippen molar-refractivity contribution in [2.45, 2.75) is 50.7 Å². The Balaban J connectivity index is 1.78. The molecule has 0 aromatic heterocycles. The molecule has 19 heavy (non-hydrogen) atoms. The van der Waals surface area contributed by atoms with Gasteiger partial charge in [0.25, 0.3) is 0 Å². The molecule has 0 aromatic rings. The molecular formula is C14H27N3O2. The van der Waals surface area contributed by atoms with Gasteiger partial charge in [-0.2, -0.15) is 0 Å². The van der Waals surface area contributed by atoms with Crippen LogP contribution in [0.25, 0.3) is 0 Å². The lowest BCUT2D eigenvalue weighted by molar-refractivity contribution is -0.140. The molecule has 2 fully saturated rings. The average Bonchev–Trinajstić information content (AvgIpc) is 3.22. The van der Waals surface area contributed by atoms with Crippen molar-refractivity contribution >= 4 is 5.97 Å². The van der Waals surface area contributed by atoms with E-state index in [1.807, 2.05) is 0 Å². The van der Waals surface area contributed by atoms with Gasteiger partial charge in [0.1, 0.15) is 6.04 Å². The van der Waals surface area contributed by atoms with Crippen molar-refractivity contribution in [1.82, 2.24) is 15.1 Å². The summed E-state index contributed by atoms with van der Waals surface area (Å²) in [5.74, 6) is -0.718. The van der Waals surface area contributed by atoms with Gasteiger partial charge in [-0.05, 0) is 52.4 Å². The quantitative estimate of drug-likeness (QED) is 0.709. The molecule has 1 saturated carbocycles. The van der Waals surface area contributed by atoms with Crippen molar-refractivity contribution in [3.8, 4) is 0 Å². The second-order valence-electron chi connectivity index (χ2n) is 5.94. The zero-order chi connectivity index (χ0) is 13.8. The SMILES string of the molecule is CCN1CCC(N(C)CC(NC2CC2)C(=O)O)CC1. The van der Waals surface area contributed by atoms with Gasteiger partial charge in [-0.25, -0.2) is 0 Å². The Morgan fingerprint density at radius 1 is 1.37 bits per heavy atom. The van der Waals surface area contributed by atoms with Crippen molar-refractivity contribution in [2.24, 2.45) is 0 Å². The molecule has 1 aliphatic heterocycles. The van der Waals surface area contributed by atoms with E-state index in [-0.39, 0.29) is 0 Å². The Hall–Kier alpha value is -0.650. The first-order valence-corrected chi connectivity index (χ1v) is 7.51. The zero-order valence-electron chi connectivity index (χ0n) is 12.1. The second kappa shape index (κ2) is 6.68. The molecule has 1 unspecified atom stereocenters. The highest BCUT2D eigenvalue weighted by molar-refractivity contribution is 5.73. The number of carboxylic acids is 1. The van der Waals surface area contributed by atoms with E-state index in [4.69, 9.17) is 0 Å². The van der Waals surface area contributed by atoms with Gasteiger partial charge in [0.05, 0.1) is 0 Å². The number of nitrogens with zero attached hydrogens (tertiary/aromatic N) is 2. The minimum atomic E-state index is -0.718. The summed E-state index contributed by atoms with van der Waals surface area (Å²) in [6.45, 7) is 6.21. The molecule has 0 spiro atoms. The van der Waals surface area contributed by atoms with E-state index < -0.39 is 12.0 Å². The highest BCUT2D eigenvalue weighted by Gasteiger charge is 2.31. The normalized spacial score (nSPS) is 23.7. The minimum Gasteiger partial charge on any atom is -0.480 e. The van der Waals surface area contributed by atoms with Gasteiger partial charge in [0, 0.05) is 18.6 Å². The number of likely N-dealkylation sites (tertiary alicyclic amines) is 1. The second-order valence-corrected chi connectivity index (χ2v) is 5.94. The van der Waals surface area contributed by atoms with E-state index in [9.17, 15) is 9.90 Å². The van der Waals surface area contributed by atoms with Gasteiger partial charge in [-0.1, -0.05) is 6.92 Å². The van der Waals surface area contributed by atoms with Crippen molar-refractivity contribution in [3.63, 3.8) is 0 Å². The molecule has 1 atom stereocenters. The Morgan fingerprint density at radius 3 is 2.47 bits per heavy atom. The van der Waals surface area contributed by atoms with Gasteiger partial charge in [-0.3, -0.25) is 4.79 Å². The maximum atomic E-state index is 11.3. The largest absolute Gasteiger partial charge is 0.480 e. The van der Waals surface area contributed by atoms with Crippen LogP contribution in [-0.2, 0) is 4.79 Å². The number of carbonyl (C=O) groups is 1. The highest BCUT2D eigenvalue weighted by Crippen LogP contribution is 2.20. The summed E-state index contributed by atoms with van der Waals surface area (Å²) in [4.78, 5) is 16.0. The number of rotatable bonds is 7. The molecule has 2 aliphatic rings. The smallest absolute Gasteiger partial charge is 0.322 e. The Labute approximate surface area is 115 Å². The maximum Gasteiger partial charge on any atom is 0.322 e. The van der Waals surface area contributed by atoms with E-state index >= 15 is 0 Å². The van der Waals surface area contributed by atoms with Crippen molar-refractivity contribution in [1.29, 1.82) is 0 Å². The van der Waals surface area contributed by atoms with E-state index in [2.05, 4.69) is 29.1 Å². The number of hydrogen-bond acceptors (Lipinski definition) is 4. The Bertz CT molecular complexity index is 299. The minimum absolute atomic E-state index is 0.415. The van der Waals surface area contributed by atoms with Crippen LogP contribution in [0.4, 0.5) is 0 Å². The molecule has 0 radical (unpaired) electrons. The summed E-state index contributed by atoms with van der Waals surface area (Å²) in [7, 11) is 2.07. The first-order valence-electron chi connectivity index (χ1n) is 7.51. The highest BCUT2D eigenvalue weighted by atomic mass is 16.4. The maximum absolute atomic E-state index is 11.3. The van der Waals surface area contributed by atoms with E-state index in [0.29, 0.717) is 18.6 Å². The molecule has 1 heterocycles. The summed E-state index contributed by atoms with van der Waals surface area (Å²) in [5, 5.41) is 12.5. The van der Waals surface area contributed by atoms with Crippen molar-refractivity contribution < 1.29 is 9.90 Å². The third kappa shape index (κ3) is 4.44. The van der Waals surface area contributed by atoms with Crippen LogP contribution in [0.1, 0.15) is 32.6 Å². The third-order valence-electron chi connectivity index (χ3n) is 4.41. The van der Waals surface area contributed by atoms with Crippen LogP contribution in [-0.4, -0.2) is 72.2 Å². The van der Waals surface area contributed by atoms with Crippen LogP contribution in [0.3, 0.4) is 0 Å². The Kier molecular flexibility index (Phi) is 5.19. The van der Waals surface area contributed by atoms with Gasteiger partial charge in [0.15, 0.2) is 0 Å². The van der Waals surface area contributed by atoms with Crippen molar-refractivity contribution in [2.75, 3.05) is 33.2 Å². The molecule has 2 rings (SSSR count). The molecular weight excluding hydrogens is 242 g/mol. The monoisotopic (exact) mass is 269 g/mol. The number of aliphatic carboxylic acids is 1. The van der Waals surface area contributed by atoms with Crippen LogP contribution >= 0.6 is 0 Å². The standard InChI is InChI=1S/C14H27N3O2/c1-3-17-8-6-12(7-9-17)16(2)10-13(14(18)19)15-11-4-5-11/h11-13,15H,3-10H2,1-2H3,(H,18,19). The van der Waals surface area contributed by atoms with Crippen LogP contribution in [0.15, 0.2) is 0 Å². The molecule has 0 aromatic carbocycles. The van der Waals surface area contributed by atoms with E-state index in [0.717, 1.165) is 45.3 Å². The number of nitrogens with one attached hydrogen (secondary N) is 1. The molecule has 0 amide bonds. The van der Waals surface area contributed by atoms with Gasteiger partial charge < -0.3 is 20.2 Å².